The smallest absolute Gasteiger partial charge is 0.237 e. The van der Waals surface area contributed by atoms with Crippen LogP contribution in [0.15, 0.2) is 24.3 Å². The summed E-state index contributed by atoms with van der Waals surface area (Å²) in [6.07, 6.45) is 1.31. The van der Waals surface area contributed by atoms with Crippen LogP contribution in [0.1, 0.15) is 45.1 Å². The van der Waals surface area contributed by atoms with E-state index in [1.165, 1.54) is 5.56 Å². The monoisotopic (exact) mass is 310 g/mol. The van der Waals surface area contributed by atoms with Crippen LogP contribution in [0.25, 0.3) is 0 Å². The molecule has 21 heavy (non-hydrogen) atoms. The van der Waals surface area contributed by atoms with Crippen molar-refractivity contribution >= 4 is 29.1 Å². The van der Waals surface area contributed by atoms with E-state index in [4.69, 9.17) is 11.6 Å². The van der Waals surface area contributed by atoms with Gasteiger partial charge in [0.1, 0.15) is 5.38 Å². The molecule has 0 radical (unpaired) electrons. The maximum atomic E-state index is 11.7. The van der Waals surface area contributed by atoms with E-state index in [0.717, 1.165) is 12.1 Å². The molecule has 5 heteroatoms. The number of hydrogen-bond acceptors (Lipinski definition) is 2. The highest BCUT2D eigenvalue weighted by Gasteiger charge is 2.09. The molecule has 2 unspecified atom stereocenters. The maximum absolute atomic E-state index is 11.7. The van der Waals surface area contributed by atoms with E-state index < -0.39 is 5.38 Å². The van der Waals surface area contributed by atoms with Crippen LogP contribution in [0.5, 0.6) is 0 Å². The highest BCUT2D eigenvalue weighted by atomic mass is 35.5. The highest BCUT2D eigenvalue weighted by Crippen LogP contribution is 2.20. The fourth-order valence-electron chi connectivity index (χ4n) is 1.79. The third-order valence-corrected chi connectivity index (χ3v) is 3.59. The summed E-state index contributed by atoms with van der Waals surface area (Å²) < 4.78 is 0. The molecule has 0 bridgehead atoms. The topological polar surface area (TPSA) is 58.2 Å². The molecule has 0 heterocycles. The summed E-state index contributed by atoms with van der Waals surface area (Å²) in [4.78, 5) is 23.0. The van der Waals surface area contributed by atoms with Crippen LogP contribution < -0.4 is 10.6 Å². The van der Waals surface area contributed by atoms with Crippen molar-refractivity contribution in [3.63, 3.8) is 0 Å². The predicted molar refractivity (Wildman–Crippen MR) is 86.7 cm³/mol. The first-order valence-corrected chi connectivity index (χ1v) is 7.69. The van der Waals surface area contributed by atoms with Crippen LogP contribution in [0, 0.1) is 0 Å². The van der Waals surface area contributed by atoms with Crippen molar-refractivity contribution in [2.75, 3.05) is 11.9 Å². The Bertz CT molecular complexity index is 472. The van der Waals surface area contributed by atoms with Crippen molar-refractivity contribution in [1.29, 1.82) is 0 Å². The van der Waals surface area contributed by atoms with E-state index in [-0.39, 0.29) is 24.8 Å². The first-order chi connectivity index (χ1) is 9.93. The molecule has 1 aromatic carbocycles. The summed E-state index contributed by atoms with van der Waals surface area (Å²) in [7, 11) is 0. The van der Waals surface area contributed by atoms with Gasteiger partial charge in [0.05, 0.1) is 0 Å². The van der Waals surface area contributed by atoms with Crippen molar-refractivity contribution < 1.29 is 9.59 Å². The minimum atomic E-state index is -0.582. The van der Waals surface area contributed by atoms with E-state index >= 15 is 0 Å². The highest BCUT2D eigenvalue weighted by molar-refractivity contribution is 6.30. The quantitative estimate of drug-likeness (QED) is 0.759. The van der Waals surface area contributed by atoms with E-state index in [9.17, 15) is 9.59 Å². The lowest BCUT2D eigenvalue weighted by Crippen LogP contribution is -2.32. The van der Waals surface area contributed by atoms with Gasteiger partial charge >= 0.3 is 0 Å². The summed E-state index contributed by atoms with van der Waals surface area (Å²) in [6.45, 7) is 6.20. The van der Waals surface area contributed by atoms with E-state index in [1.54, 1.807) is 6.92 Å². The van der Waals surface area contributed by atoms with Gasteiger partial charge in [-0.2, -0.15) is 0 Å². The van der Waals surface area contributed by atoms with Gasteiger partial charge in [0.2, 0.25) is 11.8 Å². The molecule has 0 saturated carbocycles. The minimum Gasteiger partial charge on any atom is -0.354 e. The van der Waals surface area contributed by atoms with E-state index in [0.29, 0.717) is 5.92 Å². The first-order valence-electron chi connectivity index (χ1n) is 7.25. The summed E-state index contributed by atoms with van der Waals surface area (Å²) in [5.41, 5.74) is 2.03. The number of nitrogens with one attached hydrogen (secondary N) is 2. The molecule has 0 aliphatic carbocycles. The third kappa shape index (κ3) is 6.17. The number of halogens is 1. The lowest BCUT2D eigenvalue weighted by Gasteiger charge is -2.11. The first kappa shape index (κ1) is 17.5. The van der Waals surface area contributed by atoms with Gasteiger partial charge in [0.15, 0.2) is 0 Å². The summed E-state index contributed by atoms with van der Waals surface area (Å²) >= 11 is 5.61. The second-order valence-electron chi connectivity index (χ2n) is 5.14. The predicted octanol–water partition coefficient (Wildman–Crippen LogP) is 3.27. The van der Waals surface area contributed by atoms with E-state index in [1.807, 2.05) is 24.3 Å². The number of carbonyl (C=O) groups is 2. The molecule has 4 nitrogen and oxygen atoms in total. The largest absolute Gasteiger partial charge is 0.354 e. The van der Waals surface area contributed by atoms with Crippen LogP contribution in [0.3, 0.4) is 0 Å². The molecule has 2 amide bonds. The number of alkyl halides is 1. The van der Waals surface area contributed by atoms with Gasteiger partial charge in [-0.15, -0.1) is 11.6 Å². The number of benzene rings is 1. The van der Waals surface area contributed by atoms with Crippen LogP contribution in [-0.4, -0.2) is 23.7 Å². The fourth-order valence-corrected chi connectivity index (χ4v) is 1.87. The van der Waals surface area contributed by atoms with Gasteiger partial charge in [-0.05, 0) is 37.0 Å². The molecule has 0 aromatic heterocycles. The fraction of sp³-hybridized carbons (Fsp3) is 0.500. The molecular formula is C16H23ClN2O2. The van der Waals surface area contributed by atoms with E-state index in [2.05, 4.69) is 24.5 Å². The van der Waals surface area contributed by atoms with Gasteiger partial charge in [-0.25, -0.2) is 0 Å². The third-order valence-electron chi connectivity index (χ3n) is 3.39. The SMILES string of the molecule is CCC(C)c1ccc(NC(=O)CCNC(=O)C(C)Cl)cc1. The van der Waals surface area contributed by atoms with Gasteiger partial charge < -0.3 is 10.6 Å². The van der Waals surface area contributed by atoms with Crippen LogP contribution in [0.4, 0.5) is 5.69 Å². The number of hydrogen-bond donors (Lipinski definition) is 2. The average molecular weight is 311 g/mol. The van der Waals surface area contributed by atoms with Crippen molar-refractivity contribution in [3.8, 4) is 0 Å². The number of carbonyl (C=O) groups excluding carboxylic acids is 2. The lowest BCUT2D eigenvalue weighted by molar-refractivity contribution is -0.120. The molecule has 1 rings (SSSR count). The lowest BCUT2D eigenvalue weighted by atomic mass is 9.99. The minimum absolute atomic E-state index is 0.131. The number of rotatable bonds is 7. The Hall–Kier alpha value is -1.55. The standard InChI is InChI=1S/C16H23ClN2O2/c1-4-11(2)13-5-7-14(8-6-13)19-15(20)9-10-18-16(21)12(3)17/h5-8,11-12H,4,9-10H2,1-3H3,(H,18,21)(H,19,20). The molecule has 0 spiro atoms. The Morgan fingerprint density at radius 2 is 1.81 bits per heavy atom. The molecule has 2 atom stereocenters. The Kier molecular flexibility index (Phi) is 7.23. The Labute approximate surface area is 131 Å². The maximum Gasteiger partial charge on any atom is 0.237 e. The zero-order chi connectivity index (χ0) is 15.8. The average Bonchev–Trinajstić information content (AvgIpc) is 2.46. The molecule has 0 fully saturated rings. The molecular weight excluding hydrogens is 288 g/mol. The molecule has 116 valence electrons. The molecule has 1 aromatic rings. The molecule has 0 aliphatic heterocycles. The molecule has 0 aliphatic rings. The Morgan fingerprint density at radius 3 is 2.33 bits per heavy atom. The van der Waals surface area contributed by atoms with Gasteiger partial charge in [0, 0.05) is 18.7 Å². The summed E-state index contributed by atoms with van der Waals surface area (Å²) in [6, 6.07) is 7.86. The van der Waals surface area contributed by atoms with Crippen molar-refractivity contribution in [3.05, 3.63) is 29.8 Å². The van der Waals surface area contributed by atoms with Gasteiger partial charge in [-0.3, -0.25) is 9.59 Å². The molecule has 0 saturated heterocycles. The van der Waals surface area contributed by atoms with Crippen LogP contribution >= 0.6 is 11.6 Å². The van der Waals surface area contributed by atoms with Crippen molar-refractivity contribution in [2.24, 2.45) is 0 Å². The molecule has 2 N–H and O–H groups in total. The zero-order valence-electron chi connectivity index (χ0n) is 12.8. The Morgan fingerprint density at radius 1 is 1.19 bits per heavy atom. The van der Waals surface area contributed by atoms with Gasteiger partial charge in [0.25, 0.3) is 0 Å². The summed E-state index contributed by atoms with van der Waals surface area (Å²) in [5, 5.41) is 4.82. The normalized spacial score (nSPS) is 13.3. The Balaban J connectivity index is 2.39. The van der Waals surface area contributed by atoms with Crippen molar-refractivity contribution in [1.82, 2.24) is 5.32 Å². The van der Waals surface area contributed by atoms with Crippen molar-refractivity contribution in [2.45, 2.75) is 44.9 Å². The number of anilines is 1. The zero-order valence-corrected chi connectivity index (χ0v) is 13.5. The van der Waals surface area contributed by atoms with Gasteiger partial charge in [-0.1, -0.05) is 26.0 Å². The second-order valence-corrected chi connectivity index (χ2v) is 5.79. The van der Waals surface area contributed by atoms with Crippen LogP contribution in [-0.2, 0) is 9.59 Å². The summed E-state index contributed by atoms with van der Waals surface area (Å²) in [5.74, 6) is 0.124. The number of amides is 2. The van der Waals surface area contributed by atoms with Crippen LogP contribution in [0.2, 0.25) is 0 Å². The second kappa shape index (κ2) is 8.67.